The molecule has 0 spiro atoms. The van der Waals surface area contributed by atoms with E-state index >= 15 is 0 Å². The highest BCUT2D eigenvalue weighted by molar-refractivity contribution is 5.76. The molecule has 1 aromatic heterocycles. The number of carboxylic acid groups (broad SMARTS) is 1. The second-order valence-corrected chi connectivity index (χ2v) is 3.61. The average molecular weight is 221 g/mol. The van der Waals surface area contributed by atoms with E-state index in [1.54, 1.807) is 18.2 Å². The fourth-order valence-corrected chi connectivity index (χ4v) is 1.55. The summed E-state index contributed by atoms with van der Waals surface area (Å²) < 4.78 is 0. The zero-order chi connectivity index (χ0) is 11.7. The zero-order valence-electron chi connectivity index (χ0n) is 8.36. The van der Waals surface area contributed by atoms with Gasteiger partial charge < -0.3 is 20.8 Å². The zero-order valence-corrected chi connectivity index (χ0v) is 8.36. The Hall–Kier alpha value is -2.08. The van der Waals surface area contributed by atoms with E-state index in [2.05, 4.69) is 9.97 Å². The molecule has 1 atom stereocenters. The highest BCUT2D eigenvalue weighted by Gasteiger charge is 2.12. The van der Waals surface area contributed by atoms with E-state index in [1.807, 2.05) is 0 Å². The number of carboxylic acids is 1. The van der Waals surface area contributed by atoms with E-state index in [1.165, 1.54) is 0 Å². The van der Waals surface area contributed by atoms with Gasteiger partial charge in [-0.2, -0.15) is 0 Å². The fraction of sp³-hybridized carbons (Fsp3) is 0.200. The summed E-state index contributed by atoms with van der Waals surface area (Å²) in [4.78, 5) is 26.8. The molecule has 1 heterocycles. The van der Waals surface area contributed by atoms with Gasteiger partial charge in [-0.1, -0.05) is 6.07 Å². The van der Waals surface area contributed by atoms with Crippen LogP contribution in [0.5, 0.6) is 0 Å². The van der Waals surface area contributed by atoms with Crippen molar-refractivity contribution in [1.29, 1.82) is 0 Å². The summed E-state index contributed by atoms with van der Waals surface area (Å²) in [5.74, 6) is -1.04. The van der Waals surface area contributed by atoms with Crippen LogP contribution in [0.1, 0.15) is 5.56 Å². The average Bonchev–Trinajstić information content (AvgIpc) is 2.57. The molecule has 0 amide bonds. The number of aromatic nitrogens is 2. The molecule has 0 aliphatic rings. The van der Waals surface area contributed by atoms with E-state index in [-0.39, 0.29) is 12.1 Å². The third-order valence-electron chi connectivity index (χ3n) is 2.35. The molecule has 5 N–H and O–H groups in total. The Bertz CT molecular complexity index is 584. The third kappa shape index (κ3) is 1.96. The van der Waals surface area contributed by atoms with E-state index in [4.69, 9.17) is 10.8 Å². The number of hydrogen-bond donors (Lipinski definition) is 4. The van der Waals surface area contributed by atoms with Gasteiger partial charge in [0.2, 0.25) is 0 Å². The van der Waals surface area contributed by atoms with Crippen molar-refractivity contribution in [2.24, 2.45) is 5.73 Å². The number of imidazole rings is 1. The number of benzene rings is 1. The number of H-pyrrole nitrogens is 2. The first kappa shape index (κ1) is 10.4. The van der Waals surface area contributed by atoms with Crippen molar-refractivity contribution < 1.29 is 9.90 Å². The van der Waals surface area contributed by atoms with Gasteiger partial charge in [-0.25, -0.2) is 4.79 Å². The summed E-state index contributed by atoms with van der Waals surface area (Å²) in [5, 5.41) is 8.67. The van der Waals surface area contributed by atoms with Gasteiger partial charge in [0.1, 0.15) is 6.04 Å². The Morgan fingerprint density at radius 1 is 1.38 bits per heavy atom. The Morgan fingerprint density at radius 2 is 2.06 bits per heavy atom. The van der Waals surface area contributed by atoms with Crippen LogP contribution in [0.25, 0.3) is 11.0 Å². The monoisotopic (exact) mass is 221 g/mol. The van der Waals surface area contributed by atoms with E-state index in [0.29, 0.717) is 11.0 Å². The lowest BCUT2D eigenvalue weighted by Gasteiger charge is -2.05. The molecule has 0 saturated carbocycles. The van der Waals surface area contributed by atoms with Crippen LogP contribution in [0.4, 0.5) is 0 Å². The van der Waals surface area contributed by atoms with Crippen LogP contribution in [0.15, 0.2) is 23.0 Å². The van der Waals surface area contributed by atoms with E-state index in [0.717, 1.165) is 5.56 Å². The second-order valence-electron chi connectivity index (χ2n) is 3.61. The molecule has 0 fully saturated rings. The predicted octanol–water partition coefficient (Wildman–Crippen LogP) is -0.189. The highest BCUT2D eigenvalue weighted by atomic mass is 16.4. The molecule has 0 saturated heterocycles. The number of nitrogens with one attached hydrogen (secondary N) is 2. The Balaban J connectivity index is 2.32. The molecule has 16 heavy (non-hydrogen) atoms. The molecule has 1 aromatic carbocycles. The minimum Gasteiger partial charge on any atom is -0.480 e. The van der Waals surface area contributed by atoms with Crippen molar-refractivity contribution >= 4 is 17.0 Å². The lowest BCUT2D eigenvalue weighted by atomic mass is 10.1. The van der Waals surface area contributed by atoms with Crippen LogP contribution in [0.2, 0.25) is 0 Å². The first-order valence-electron chi connectivity index (χ1n) is 4.75. The van der Waals surface area contributed by atoms with Gasteiger partial charge in [0.15, 0.2) is 0 Å². The Labute approximate surface area is 90.1 Å². The molecule has 2 aromatic rings. The van der Waals surface area contributed by atoms with Crippen molar-refractivity contribution in [1.82, 2.24) is 9.97 Å². The summed E-state index contributed by atoms with van der Waals surface area (Å²) in [7, 11) is 0. The van der Waals surface area contributed by atoms with Gasteiger partial charge >= 0.3 is 11.7 Å². The predicted molar refractivity (Wildman–Crippen MR) is 58.2 cm³/mol. The standard InChI is InChI=1S/C10H11N3O3/c11-6(9(14)15)3-5-1-2-7-8(4-5)13-10(16)12-7/h1-2,4,6H,3,11H2,(H,14,15)(H2,12,13,16). The molecule has 0 aliphatic heterocycles. The van der Waals surface area contributed by atoms with Crippen LogP contribution in [-0.4, -0.2) is 27.1 Å². The summed E-state index contributed by atoms with van der Waals surface area (Å²) in [6.45, 7) is 0. The van der Waals surface area contributed by atoms with Crippen molar-refractivity contribution in [2.45, 2.75) is 12.5 Å². The number of nitrogens with two attached hydrogens (primary N) is 1. The molecular formula is C10H11N3O3. The number of aliphatic carboxylic acids is 1. The van der Waals surface area contributed by atoms with Crippen LogP contribution in [0, 0.1) is 0 Å². The first-order chi connectivity index (χ1) is 7.56. The molecular weight excluding hydrogens is 210 g/mol. The smallest absolute Gasteiger partial charge is 0.323 e. The molecule has 0 aliphatic carbocycles. The van der Waals surface area contributed by atoms with Crippen molar-refractivity contribution in [2.75, 3.05) is 0 Å². The molecule has 2 rings (SSSR count). The molecule has 0 bridgehead atoms. The van der Waals surface area contributed by atoms with Gasteiger partial charge in [-0.3, -0.25) is 4.79 Å². The number of carbonyl (C=O) groups is 1. The second kappa shape index (κ2) is 3.82. The summed E-state index contributed by atoms with van der Waals surface area (Å²) in [6.07, 6.45) is 0.235. The summed E-state index contributed by atoms with van der Waals surface area (Å²) in [6, 6.07) is 4.25. The Morgan fingerprint density at radius 3 is 2.75 bits per heavy atom. The van der Waals surface area contributed by atoms with Crippen LogP contribution in [-0.2, 0) is 11.2 Å². The van der Waals surface area contributed by atoms with Crippen LogP contribution in [0.3, 0.4) is 0 Å². The molecule has 0 radical (unpaired) electrons. The summed E-state index contributed by atoms with van der Waals surface area (Å²) >= 11 is 0. The first-order valence-corrected chi connectivity index (χ1v) is 4.75. The van der Waals surface area contributed by atoms with Crippen molar-refractivity contribution in [3.63, 3.8) is 0 Å². The minimum atomic E-state index is -1.04. The highest BCUT2D eigenvalue weighted by Crippen LogP contribution is 2.11. The molecule has 6 heteroatoms. The molecule has 1 unspecified atom stereocenters. The van der Waals surface area contributed by atoms with E-state index < -0.39 is 12.0 Å². The maximum absolute atomic E-state index is 11.0. The van der Waals surface area contributed by atoms with Crippen molar-refractivity contribution in [3.8, 4) is 0 Å². The van der Waals surface area contributed by atoms with Gasteiger partial charge in [-0.05, 0) is 24.1 Å². The normalized spacial score (nSPS) is 12.8. The lowest BCUT2D eigenvalue weighted by Crippen LogP contribution is -2.32. The van der Waals surface area contributed by atoms with Gasteiger partial charge in [0.25, 0.3) is 0 Å². The maximum Gasteiger partial charge on any atom is 0.323 e. The summed E-state index contributed by atoms with van der Waals surface area (Å²) in [5.41, 5.74) is 7.26. The third-order valence-corrected chi connectivity index (χ3v) is 2.35. The maximum atomic E-state index is 11.0. The van der Waals surface area contributed by atoms with Crippen LogP contribution < -0.4 is 11.4 Å². The van der Waals surface area contributed by atoms with Gasteiger partial charge in [-0.15, -0.1) is 0 Å². The number of aromatic amines is 2. The lowest BCUT2D eigenvalue weighted by molar-refractivity contribution is -0.138. The number of fused-ring (bicyclic) bond motifs is 1. The van der Waals surface area contributed by atoms with E-state index in [9.17, 15) is 9.59 Å². The van der Waals surface area contributed by atoms with Gasteiger partial charge in [0, 0.05) is 0 Å². The number of rotatable bonds is 3. The van der Waals surface area contributed by atoms with Gasteiger partial charge in [0.05, 0.1) is 11.0 Å². The largest absolute Gasteiger partial charge is 0.480 e. The fourth-order valence-electron chi connectivity index (χ4n) is 1.55. The van der Waals surface area contributed by atoms with Crippen LogP contribution >= 0.6 is 0 Å². The topological polar surface area (TPSA) is 112 Å². The molecule has 84 valence electrons. The Kier molecular flexibility index (Phi) is 2.49. The minimum absolute atomic E-state index is 0.235. The molecule has 6 nitrogen and oxygen atoms in total. The van der Waals surface area contributed by atoms with Crippen molar-refractivity contribution in [3.05, 3.63) is 34.2 Å². The SMILES string of the molecule is NC(Cc1ccc2[nH]c(=O)[nH]c2c1)C(=O)O. The quantitative estimate of drug-likeness (QED) is 0.575. The number of hydrogen-bond acceptors (Lipinski definition) is 3.